The van der Waals surface area contributed by atoms with Crippen molar-refractivity contribution in [1.29, 1.82) is 0 Å². The van der Waals surface area contributed by atoms with Crippen molar-refractivity contribution in [2.24, 2.45) is 0 Å². The van der Waals surface area contributed by atoms with Gasteiger partial charge in [-0.15, -0.1) is 0 Å². The Morgan fingerprint density at radius 1 is 1.32 bits per heavy atom. The van der Waals surface area contributed by atoms with E-state index in [1.165, 1.54) is 18.9 Å². The summed E-state index contributed by atoms with van der Waals surface area (Å²) in [4.78, 5) is 18.4. The second-order valence-corrected chi connectivity index (χ2v) is 6.44. The Bertz CT molecular complexity index is 732. The molecule has 0 aliphatic carbocycles. The molecular formula is C20H25N3O2. The van der Waals surface area contributed by atoms with E-state index in [1.54, 1.807) is 7.11 Å². The van der Waals surface area contributed by atoms with Crippen LogP contribution in [0.15, 0.2) is 42.5 Å². The second kappa shape index (κ2) is 8.12. The lowest BCUT2D eigenvalue weighted by molar-refractivity contribution is -0.119. The summed E-state index contributed by atoms with van der Waals surface area (Å²) in [5, 5.41) is 2.81. The summed E-state index contributed by atoms with van der Waals surface area (Å²) in [6.45, 7) is 3.96. The molecule has 1 aliphatic heterocycles. The quantitative estimate of drug-likeness (QED) is 0.879. The third kappa shape index (κ3) is 4.57. The number of carbonyl (C=O) groups excluding carboxylic acids is 1. The van der Waals surface area contributed by atoms with Crippen LogP contribution in [0.25, 0.3) is 0 Å². The summed E-state index contributed by atoms with van der Waals surface area (Å²) in [6, 6.07) is 14.6. The van der Waals surface area contributed by atoms with Crippen molar-refractivity contribution in [3.63, 3.8) is 0 Å². The predicted molar refractivity (Wildman–Crippen MR) is 97.1 cm³/mol. The molecule has 1 aliphatic rings. The first-order valence-corrected chi connectivity index (χ1v) is 8.73. The van der Waals surface area contributed by atoms with Crippen LogP contribution >= 0.6 is 0 Å². The smallest absolute Gasteiger partial charge is 0.217 e. The zero-order chi connectivity index (χ0) is 17.6. The molecular weight excluding hydrogens is 314 g/mol. The van der Waals surface area contributed by atoms with Crippen LogP contribution in [0.4, 0.5) is 0 Å². The summed E-state index contributed by atoms with van der Waals surface area (Å²) in [6.07, 6.45) is 2.28. The van der Waals surface area contributed by atoms with Crippen LogP contribution in [0.1, 0.15) is 42.8 Å². The molecule has 1 fully saturated rings. The van der Waals surface area contributed by atoms with Crippen molar-refractivity contribution in [2.45, 2.75) is 38.9 Å². The first kappa shape index (κ1) is 17.4. The van der Waals surface area contributed by atoms with E-state index in [1.807, 2.05) is 24.3 Å². The fourth-order valence-electron chi connectivity index (χ4n) is 3.35. The Kier molecular flexibility index (Phi) is 5.66. The number of hydrogen-bond acceptors (Lipinski definition) is 4. The number of hydrogen-bond donors (Lipinski definition) is 1. The number of carbonyl (C=O) groups is 1. The van der Waals surface area contributed by atoms with Crippen LogP contribution in [0, 0.1) is 0 Å². The molecule has 1 atom stereocenters. The molecule has 0 spiro atoms. The van der Waals surface area contributed by atoms with Gasteiger partial charge in [-0.1, -0.05) is 18.2 Å². The number of aromatic nitrogens is 1. The molecule has 25 heavy (non-hydrogen) atoms. The van der Waals surface area contributed by atoms with Crippen LogP contribution in [0.5, 0.6) is 5.75 Å². The number of benzene rings is 1. The third-order valence-electron chi connectivity index (χ3n) is 4.57. The second-order valence-electron chi connectivity index (χ2n) is 6.44. The van der Waals surface area contributed by atoms with Crippen molar-refractivity contribution in [2.75, 3.05) is 13.7 Å². The zero-order valence-corrected chi connectivity index (χ0v) is 14.9. The van der Waals surface area contributed by atoms with Crippen molar-refractivity contribution >= 4 is 5.91 Å². The number of likely N-dealkylation sites (tertiary alicyclic amines) is 1. The molecule has 1 amide bonds. The van der Waals surface area contributed by atoms with Crippen molar-refractivity contribution in [3.05, 3.63) is 59.4 Å². The molecule has 2 heterocycles. The summed E-state index contributed by atoms with van der Waals surface area (Å²) in [5.41, 5.74) is 3.24. The molecule has 1 saturated heterocycles. The first-order valence-electron chi connectivity index (χ1n) is 8.73. The van der Waals surface area contributed by atoms with E-state index in [4.69, 9.17) is 9.72 Å². The van der Waals surface area contributed by atoms with E-state index >= 15 is 0 Å². The Morgan fingerprint density at radius 2 is 2.16 bits per heavy atom. The topological polar surface area (TPSA) is 54.5 Å². The van der Waals surface area contributed by atoms with E-state index < -0.39 is 0 Å². The Balaban J connectivity index is 1.72. The van der Waals surface area contributed by atoms with Gasteiger partial charge >= 0.3 is 0 Å². The molecule has 2 aromatic rings. The highest BCUT2D eigenvalue weighted by Crippen LogP contribution is 2.32. The largest absolute Gasteiger partial charge is 0.497 e. The van der Waals surface area contributed by atoms with Gasteiger partial charge in [0.2, 0.25) is 5.91 Å². The molecule has 5 nitrogen and oxygen atoms in total. The van der Waals surface area contributed by atoms with Gasteiger partial charge in [0.25, 0.3) is 0 Å². The first-order chi connectivity index (χ1) is 12.2. The highest BCUT2D eigenvalue weighted by atomic mass is 16.5. The Morgan fingerprint density at radius 3 is 2.96 bits per heavy atom. The lowest BCUT2D eigenvalue weighted by Crippen LogP contribution is -2.24. The summed E-state index contributed by atoms with van der Waals surface area (Å²) in [5.74, 6) is 0.858. The van der Waals surface area contributed by atoms with Gasteiger partial charge in [-0.05, 0) is 49.2 Å². The zero-order valence-electron chi connectivity index (χ0n) is 14.9. The minimum Gasteiger partial charge on any atom is -0.497 e. The highest BCUT2D eigenvalue weighted by molar-refractivity contribution is 5.72. The van der Waals surface area contributed by atoms with E-state index in [-0.39, 0.29) is 5.91 Å². The van der Waals surface area contributed by atoms with Crippen LogP contribution in [-0.2, 0) is 17.9 Å². The van der Waals surface area contributed by atoms with Crippen LogP contribution in [0.2, 0.25) is 0 Å². The SMILES string of the molecule is COc1cccc(CN2CCC[C@H]2c2cccc(CNC(C)=O)n2)c1. The normalized spacial score (nSPS) is 17.4. The molecule has 132 valence electrons. The van der Waals surface area contributed by atoms with E-state index in [0.717, 1.165) is 36.6 Å². The van der Waals surface area contributed by atoms with Gasteiger partial charge in [0.15, 0.2) is 0 Å². The predicted octanol–water partition coefficient (Wildman–Crippen LogP) is 3.06. The highest BCUT2D eigenvalue weighted by Gasteiger charge is 2.27. The van der Waals surface area contributed by atoms with Gasteiger partial charge in [-0.3, -0.25) is 14.7 Å². The number of amides is 1. The molecule has 0 unspecified atom stereocenters. The number of ether oxygens (including phenoxy) is 1. The van der Waals surface area contributed by atoms with Gasteiger partial charge in [0.05, 0.1) is 31.1 Å². The molecule has 5 heteroatoms. The lowest BCUT2D eigenvalue weighted by Gasteiger charge is -2.24. The molecule has 1 aromatic carbocycles. The molecule has 1 N–H and O–H groups in total. The van der Waals surface area contributed by atoms with E-state index in [0.29, 0.717) is 12.6 Å². The van der Waals surface area contributed by atoms with E-state index in [2.05, 4.69) is 28.4 Å². The van der Waals surface area contributed by atoms with Crippen LogP contribution in [-0.4, -0.2) is 29.4 Å². The molecule has 0 saturated carbocycles. The molecule has 0 bridgehead atoms. The molecule has 3 rings (SSSR count). The minimum atomic E-state index is -0.0345. The molecule has 1 aromatic heterocycles. The monoisotopic (exact) mass is 339 g/mol. The van der Waals surface area contributed by atoms with Gasteiger partial charge in [0, 0.05) is 13.5 Å². The summed E-state index contributed by atoms with van der Waals surface area (Å²) in [7, 11) is 1.70. The van der Waals surface area contributed by atoms with E-state index in [9.17, 15) is 4.79 Å². The minimum absolute atomic E-state index is 0.0345. The van der Waals surface area contributed by atoms with Gasteiger partial charge in [-0.25, -0.2) is 0 Å². The third-order valence-corrected chi connectivity index (χ3v) is 4.57. The lowest BCUT2D eigenvalue weighted by atomic mass is 10.1. The van der Waals surface area contributed by atoms with Crippen LogP contribution < -0.4 is 10.1 Å². The maximum atomic E-state index is 11.1. The van der Waals surface area contributed by atoms with Crippen molar-refractivity contribution in [3.8, 4) is 5.75 Å². The van der Waals surface area contributed by atoms with Gasteiger partial charge in [-0.2, -0.15) is 0 Å². The number of pyridine rings is 1. The number of nitrogens with zero attached hydrogens (tertiary/aromatic N) is 2. The Labute approximate surface area is 149 Å². The number of nitrogens with one attached hydrogen (secondary N) is 1. The number of rotatable bonds is 6. The summed E-state index contributed by atoms with van der Waals surface area (Å²) < 4.78 is 5.33. The summed E-state index contributed by atoms with van der Waals surface area (Å²) >= 11 is 0. The molecule has 0 radical (unpaired) electrons. The Hall–Kier alpha value is -2.40. The fraction of sp³-hybridized carbons (Fsp3) is 0.400. The van der Waals surface area contributed by atoms with Gasteiger partial charge in [0.1, 0.15) is 5.75 Å². The maximum absolute atomic E-state index is 11.1. The van der Waals surface area contributed by atoms with Gasteiger partial charge < -0.3 is 10.1 Å². The van der Waals surface area contributed by atoms with Crippen LogP contribution in [0.3, 0.4) is 0 Å². The van der Waals surface area contributed by atoms with Crippen molar-refractivity contribution in [1.82, 2.24) is 15.2 Å². The van der Waals surface area contributed by atoms with Crippen molar-refractivity contribution < 1.29 is 9.53 Å². The average Bonchev–Trinajstić information content (AvgIpc) is 3.08. The average molecular weight is 339 g/mol. The standard InChI is InChI=1S/C20H25N3O2/c1-15(24)21-13-17-7-4-9-19(22-17)20-10-5-11-23(20)14-16-6-3-8-18(12-16)25-2/h3-4,6-9,12,20H,5,10-11,13-14H2,1-2H3,(H,21,24)/t20-/m0/s1. The fourth-order valence-corrected chi connectivity index (χ4v) is 3.35. The number of methoxy groups -OCH3 is 1. The maximum Gasteiger partial charge on any atom is 0.217 e.